The maximum absolute atomic E-state index is 13.9. The van der Waals surface area contributed by atoms with Crippen molar-refractivity contribution in [1.29, 1.82) is 0 Å². The van der Waals surface area contributed by atoms with Crippen LogP contribution in [0, 0.1) is 5.82 Å². The van der Waals surface area contributed by atoms with E-state index in [0.717, 1.165) is 6.42 Å². The van der Waals surface area contributed by atoms with Gasteiger partial charge in [-0.1, -0.05) is 50.8 Å². The summed E-state index contributed by atoms with van der Waals surface area (Å²) in [5, 5.41) is 0. The molecule has 0 spiro atoms. The first kappa shape index (κ1) is 16.1. The van der Waals surface area contributed by atoms with Crippen LogP contribution >= 0.6 is 0 Å². The van der Waals surface area contributed by atoms with Crippen LogP contribution in [0.15, 0.2) is 18.2 Å². The van der Waals surface area contributed by atoms with Crippen LogP contribution in [-0.2, 0) is 17.9 Å². The minimum atomic E-state index is -0.219. The van der Waals surface area contributed by atoms with Crippen molar-refractivity contribution in [3.05, 3.63) is 35.1 Å². The largest absolute Gasteiger partial charge is 0.374 e. The molecule has 0 amide bonds. The standard InChI is InChI=1S/C16H26FNO/c1-3-4-5-6-8-13(2)19-12-15-10-7-9-14(11-18)16(15)17/h7,9-10,13H,3-6,8,11-12,18H2,1-2H3. The summed E-state index contributed by atoms with van der Waals surface area (Å²) in [6, 6.07) is 5.31. The number of ether oxygens (including phenoxy) is 1. The molecule has 0 radical (unpaired) electrons. The molecule has 0 aliphatic rings. The minimum absolute atomic E-state index is 0.179. The van der Waals surface area contributed by atoms with E-state index in [2.05, 4.69) is 13.8 Å². The first-order valence-corrected chi connectivity index (χ1v) is 7.27. The van der Waals surface area contributed by atoms with E-state index in [1.165, 1.54) is 25.7 Å². The van der Waals surface area contributed by atoms with Gasteiger partial charge in [-0.3, -0.25) is 0 Å². The van der Waals surface area contributed by atoms with Gasteiger partial charge in [0.25, 0.3) is 0 Å². The third-order valence-electron chi connectivity index (χ3n) is 3.37. The third kappa shape index (κ3) is 5.70. The van der Waals surface area contributed by atoms with E-state index in [1.54, 1.807) is 12.1 Å². The first-order valence-electron chi connectivity index (χ1n) is 7.27. The second kappa shape index (κ2) is 9.05. The van der Waals surface area contributed by atoms with Crippen LogP contribution in [0.25, 0.3) is 0 Å². The van der Waals surface area contributed by atoms with Crippen LogP contribution in [0.4, 0.5) is 4.39 Å². The zero-order valence-corrected chi connectivity index (χ0v) is 12.1. The van der Waals surface area contributed by atoms with Crippen molar-refractivity contribution in [2.75, 3.05) is 0 Å². The van der Waals surface area contributed by atoms with Crippen molar-refractivity contribution in [3.63, 3.8) is 0 Å². The van der Waals surface area contributed by atoms with Gasteiger partial charge in [-0.15, -0.1) is 0 Å². The van der Waals surface area contributed by atoms with Crippen LogP contribution in [-0.4, -0.2) is 6.10 Å². The Labute approximate surface area is 116 Å². The lowest BCUT2D eigenvalue weighted by molar-refractivity contribution is 0.0442. The molecule has 19 heavy (non-hydrogen) atoms. The maximum atomic E-state index is 13.9. The topological polar surface area (TPSA) is 35.2 Å². The van der Waals surface area contributed by atoms with Gasteiger partial charge >= 0.3 is 0 Å². The zero-order valence-electron chi connectivity index (χ0n) is 12.1. The van der Waals surface area contributed by atoms with Crippen molar-refractivity contribution in [3.8, 4) is 0 Å². The highest BCUT2D eigenvalue weighted by atomic mass is 19.1. The molecule has 1 unspecified atom stereocenters. The number of nitrogens with two attached hydrogens (primary N) is 1. The molecule has 0 saturated heterocycles. The van der Waals surface area contributed by atoms with E-state index in [1.807, 2.05) is 6.07 Å². The minimum Gasteiger partial charge on any atom is -0.374 e. The van der Waals surface area contributed by atoms with Crippen molar-refractivity contribution in [2.24, 2.45) is 5.73 Å². The summed E-state index contributed by atoms with van der Waals surface area (Å²) >= 11 is 0. The second-order valence-electron chi connectivity index (χ2n) is 5.07. The number of unbranched alkanes of at least 4 members (excludes halogenated alkanes) is 3. The molecular formula is C16H26FNO. The zero-order chi connectivity index (χ0) is 14.1. The molecule has 1 aromatic rings. The Morgan fingerprint density at radius 2 is 1.95 bits per heavy atom. The smallest absolute Gasteiger partial charge is 0.133 e. The van der Waals surface area contributed by atoms with Gasteiger partial charge in [0.1, 0.15) is 5.82 Å². The number of rotatable bonds is 9. The quantitative estimate of drug-likeness (QED) is 0.682. The Hall–Kier alpha value is -0.930. The van der Waals surface area contributed by atoms with Gasteiger partial charge in [0.05, 0.1) is 12.7 Å². The summed E-state index contributed by atoms with van der Waals surface area (Å²) in [7, 11) is 0. The lowest BCUT2D eigenvalue weighted by Gasteiger charge is -2.14. The summed E-state index contributed by atoms with van der Waals surface area (Å²) in [5.74, 6) is -0.219. The molecule has 0 fully saturated rings. The number of hydrogen-bond donors (Lipinski definition) is 1. The summed E-state index contributed by atoms with van der Waals surface area (Å²) in [4.78, 5) is 0. The Morgan fingerprint density at radius 3 is 2.63 bits per heavy atom. The van der Waals surface area contributed by atoms with E-state index in [4.69, 9.17) is 10.5 Å². The van der Waals surface area contributed by atoms with E-state index < -0.39 is 0 Å². The van der Waals surface area contributed by atoms with Crippen LogP contribution in [0.2, 0.25) is 0 Å². The molecule has 0 aliphatic heterocycles. The molecular weight excluding hydrogens is 241 g/mol. The third-order valence-corrected chi connectivity index (χ3v) is 3.37. The SMILES string of the molecule is CCCCCCC(C)OCc1cccc(CN)c1F. The fourth-order valence-corrected chi connectivity index (χ4v) is 2.08. The second-order valence-corrected chi connectivity index (χ2v) is 5.07. The number of halogens is 1. The molecule has 0 heterocycles. The van der Waals surface area contributed by atoms with Gasteiger partial charge in [-0.2, -0.15) is 0 Å². The summed E-state index contributed by atoms with van der Waals surface area (Å²) in [6.07, 6.45) is 6.17. The normalized spacial score (nSPS) is 12.6. The fourth-order valence-electron chi connectivity index (χ4n) is 2.08. The van der Waals surface area contributed by atoms with E-state index in [0.29, 0.717) is 17.7 Å². The van der Waals surface area contributed by atoms with Crippen LogP contribution in [0.3, 0.4) is 0 Å². The molecule has 1 atom stereocenters. The van der Waals surface area contributed by atoms with Crippen molar-refractivity contribution in [1.82, 2.24) is 0 Å². The average Bonchev–Trinajstić information content (AvgIpc) is 2.42. The molecule has 1 rings (SSSR count). The van der Waals surface area contributed by atoms with Crippen molar-refractivity contribution in [2.45, 2.75) is 65.2 Å². The van der Waals surface area contributed by atoms with Gasteiger partial charge in [0.2, 0.25) is 0 Å². The van der Waals surface area contributed by atoms with Gasteiger partial charge in [0.15, 0.2) is 0 Å². The van der Waals surface area contributed by atoms with Crippen LogP contribution in [0.1, 0.15) is 57.1 Å². The number of hydrogen-bond acceptors (Lipinski definition) is 2. The van der Waals surface area contributed by atoms with Gasteiger partial charge in [0, 0.05) is 17.7 Å². The van der Waals surface area contributed by atoms with Gasteiger partial charge in [-0.05, 0) is 13.3 Å². The van der Waals surface area contributed by atoms with Gasteiger partial charge in [-0.25, -0.2) is 4.39 Å². The highest BCUT2D eigenvalue weighted by Gasteiger charge is 2.09. The predicted molar refractivity (Wildman–Crippen MR) is 77.3 cm³/mol. The summed E-state index contributed by atoms with van der Waals surface area (Å²) < 4.78 is 19.6. The predicted octanol–water partition coefficient (Wildman–Crippen LogP) is 4.16. The first-order chi connectivity index (χ1) is 9.19. The molecule has 2 N–H and O–H groups in total. The molecule has 0 aliphatic carbocycles. The average molecular weight is 267 g/mol. The van der Waals surface area contributed by atoms with Crippen molar-refractivity contribution >= 4 is 0 Å². The number of benzene rings is 1. The van der Waals surface area contributed by atoms with Crippen LogP contribution in [0.5, 0.6) is 0 Å². The lowest BCUT2D eigenvalue weighted by atomic mass is 10.1. The summed E-state index contributed by atoms with van der Waals surface area (Å²) in [6.45, 7) is 4.81. The van der Waals surface area contributed by atoms with E-state index in [9.17, 15) is 4.39 Å². The molecule has 0 aromatic heterocycles. The highest BCUT2D eigenvalue weighted by Crippen LogP contribution is 2.15. The molecule has 0 saturated carbocycles. The van der Waals surface area contributed by atoms with E-state index in [-0.39, 0.29) is 18.5 Å². The Bertz CT molecular complexity index is 368. The maximum Gasteiger partial charge on any atom is 0.133 e. The van der Waals surface area contributed by atoms with Gasteiger partial charge < -0.3 is 10.5 Å². The Kier molecular flexibility index (Phi) is 7.68. The lowest BCUT2D eigenvalue weighted by Crippen LogP contribution is -2.10. The molecule has 108 valence electrons. The van der Waals surface area contributed by atoms with E-state index >= 15 is 0 Å². The fraction of sp³-hybridized carbons (Fsp3) is 0.625. The van der Waals surface area contributed by atoms with Crippen LogP contribution < -0.4 is 5.73 Å². The molecule has 2 nitrogen and oxygen atoms in total. The molecule has 0 bridgehead atoms. The molecule has 1 aromatic carbocycles. The Morgan fingerprint density at radius 1 is 1.21 bits per heavy atom. The Balaban J connectivity index is 2.35. The monoisotopic (exact) mass is 267 g/mol. The molecule has 3 heteroatoms. The summed E-state index contributed by atoms with van der Waals surface area (Å²) in [5.41, 5.74) is 6.64. The highest BCUT2D eigenvalue weighted by molar-refractivity contribution is 5.25. The van der Waals surface area contributed by atoms with Crippen molar-refractivity contribution < 1.29 is 9.13 Å².